The van der Waals surface area contributed by atoms with Gasteiger partial charge in [0.05, 0.1) is 24.2 Å². The minimum Gasteiger partial charge on any atom is -0.393 e. The van der Waals surface area contributed by atoms with Gasteiger partial charge in [0.15, 0.2) is 0 Å². The highest BCUT2D eigenvalue weighted by molar-refractivity contribution is 5.96. The van der Waals surface area contributed by atoms with E-state index >= 15 is 0 Å². The van der Waals surface area contributed by atoms with Crippen molar-refractivity contribution in [2.45, 2.75) is 37.8 Å². The van der Waals surface area contributed by atoms with Crippen molar-refractivity contribution >= 4 is 11.8 Å². The number of carbonyl (C=O) groups excluding carboxylic acids is 2. The maximum atomic E-state index is 12.6. The van der Waals surface area contributed by atoms with E-state index in [0.717, 1.165) is 18.4 Å². The quantitative estimate of drug-likeness (QED) is 0.859. The number of amides is 2. The normalized spacial score (nSPS) is 19.4. The van der Waals surface area contributed by atoms with Gasteiger partial charge in [-0.05, 0) is 37.8 Å². The number of aliphatic hydroxyl groups excluding tert-OH is 1. The van der Waals surface area contributed by atoms with Crippen molar-refractivity contribution in [2.24, 2.45) is 0 Å². The Morgan fingerprint density at radius 1 is 1.15 bits per heavy atom. The minimum atomic E-state index is -0.253. The average Bonchev–Trinajstić information content (AvgIpc) is 2.69. The van der Waals surface area contributed by atoms with Crippen molar-refractivity contribution in [3.63, 3.8) is 0 Å². The number of nitrogens with zero attached hydrogens (tertiary/aromatic N) is 3. The molecule has 0 radical (unpaired) electrons. The van der Waals surface area contributed by atoms with E-state index in [0.29, 0.717) is 24.1 Å². The molecule has 1 aromatic heterocycles. The molecule has 1 aliphatic rings. The number of nitrogens with one attached hydrogen (secondary N) is 1. The number of aliphatic hydroxyl groups is 1. The summed E-state index contributed by atoms with van der Waals surface area (Å²) < 4.78 is 0. The Bertz CT molecular complexity index is 829. The Labute approximate surface area is 158 Å². The molecular weight excluding hydrogens is 344 g/mol. The molecule has 3 rings (SSSR count). The van der Waals surface area contributed by atoms with Gasteiger partial charge in [0, 0.05) is 31.3 Å². The summed E-state index contributed by atoms with van der Waals surface area (Å²) in [6.45, 7) is 0. The summed E-state index contributed by atoms with van der Waals surface area (Å²) in [4.78, 5) is 34.6. The lowest BCUT2D eigenvalue weighted by atomic mass is 9.93. The Morgan fingerprint density at radius 2 is 1.89 bits per heavy atom. The first-order chi connectivity index (χ1) is 12.9. The molecule has 1 aliphatic carbocycles. The van der Waals surface area contributed by atoms with Crippen LogP contribution in [0.15, 0.2) is 36.7 Å². The molecule has 2 N–H and O–H groups in total. The van der Waals surface area contributed by atoms with Crippen LogP contribution in [0.1, 0.15) is 46.5 Å². The second kappa shape index (κ2) is 8.26. The first kappa shape index (κ1) is 19.0. The second-order valence-corrected chi connectivity index (χ2v) is 7.05. The van der Waals surface area contributed by atoms with Crippen LogP contribution in [0.2, 0.25) is 0 Å². The van der Waals surface area contributed by atoms with Gasteiger partial charge in [-0.15, -0.1) is 0 Å². The molecule has 1 saturated carbocycles. The molecule has 7 heteroatoms. The Balaban J connectivity index is 1.76. The van der Waals surface area contributed by atoms with E-state index in [1.165, 1.54) is 11.1 Å². The third kappa shape index (κ3) is 4.68. The Hall–Kier alpha value is -2.80. The van der Waals surface area contributed by atoms with Crippen molar-refractivity contribution in [2.75, 3.05) is 14.1 Å². The molecular formula is C20H24N4O3. The molecule has 0 unspecified atom stereocenters. The number of hydrogen-bond donors (Lipinski definition) is 2. The SMILES string of the molecule is CN(C)C(=O)c1cncc(-c2cccc(C(=O)NC3CCC(O)CC3)c2)n1. The zero-order chi connectivity index (χ0) is 19.4. The molecule has 0 bridgehead atoms. The van der Waals surface area contributed by atoms with Gasteiger partial charge in [0.1, 0.15) is 5.69 Å². The summed E-state index contributed by atoms with van der Waals surface area (Å²) in [6, 6.07) is 7.21. The molecule has 7 nitrogen and oxygen atoms in total. The molecule has 2 aromatic rings. The van der Waals surface area contributed by atoms with E-state index in [1.54, 1.807) is 38.5 Å². The molecule has 0 atom stereocenters. The fraction of sp³-hybridized carbons (Fsp3) is 0.400. The number of hydrogen-bond acceptors (Lipinski definition) is 5. The summed E-state index contributed by atoms with van der Waals surface area (Å²) in [5, 5.41) is 12.6. The molecule has 1 heterocycles. The van der Waals surface area contributed by atoms with Gasteiger partial charge >= 0.3 is 0 Å². The van der Waals surface area contributed by atoms with Gasteiger partial charge in [0.2, 0.25) is 0 Å². The zero-order valence-electron chi connectivity index (χ0n) is 15.6. The van der Waals surface area contributed by atoms with E-state index < -0.39 is 0 Å². The Kier molecular flexibility index (Phi) is 5.81. The first-order valence-corrected chi connectivity index (χ1v) is 9.07. The zero-order valence-corrected chi connectivity index (χ0v) is 15.6. The van der Waals surface area contributed by atoms with Crippen LogP contribution in [0.3, 0.4) is 0 Å². The largest absolute Gasteiger partial charge is 0.393 e. The van der Waals surface area contributed by atoms with Crippen molar-refractivity contribution < 1.29 is 14.7 Å². The van der Waals surface area contributed by atoms with Crippen molar-refractivity contribution in [3.05, 3.63) is 47.9 Å². The molecule has 0 spiro atoms. The van der Waals surface area contributed by atoms with Gasteiger partial charge in [-0.3, -0.25) is 14.6 Å². The summed E-state index contributed by atoms with van der Waals surface area (Å²) in [5.74, 6) is -0.371. The van der Waals surface area contributed by atoms with E-state index in [1.807, 2.05) is 6.07 Å². The maximum absolute atomic E-state index is 12.6. The van der Waals surface area contributed by atoms with Crippen LogP contribution in [0.4, 0.5) is 0 Å². The molecule has 0 saturated heterocycles. The third-order valence-corrected chi connectivity index (χ3v) is 4.71. The first-order valence-electron chi connectivity index (χ1n) is 9.07. The fourth-order valence-corrected chi connectivity index (χ4v) is 3.15. The number of aromatic nitrogens is 2. The summed E-state index contributed by atoms with van der Waals surface area (Å²) in [6.07, 6.45) is 5.75. The summed E-state index contributed by atoms with van der Waals surface area (Å²) >= 11 is 0. The summed E-state index contributed by atoms with van der Waals surface area (Å²) in [5.41, 5.74) is 2.05. The molecule has 1 fully saturated rings. The Morgan fingerprint density at radius 3 is 2.59 bits per heavy atom. The molecule has 27 heavy (non-hydrogen) atoms. The standard InChI is InChI=1S/C20H24N4O3/c1-24(2)20(27)18-12-21-11-17(23-18)13-4-3-5-14(10-13)19(26)22-15-6-8-16(25)9-7-15/h3-5,10-12,15-16,25H,6-9H2,1-2H3,(H,22,26). The van der Waals surface area contributed by atoms with Crippen molar-refractivity contribution in [1.82, 2.24) is 20.2 Å². The minimum absolute atomic E-state index is 0.0883. The van der Waals surface area contributed by atoms with Gasteiger partial charge in [-0.1, -0.05) is 12.1 Å². The molecule has 1 aromatic carbocycles. The lowest BCUT2D eigenvalue weighted by Crippen LogP contribution is -2.38. The second-order valence-electron chi connectivity index (χ2n) is 7.05. The van der Waals surface area contributed by atoms with Crippen LogP contribution in [-0.4, -0.2) is 58.0 Å². The van der Waals surface area contributed by atoms with Gasteiger partial charge in [0.25, 0.3) is 11.8 Å². The fourth-order valence-electron chi connectivity index (χ4n) is 3.15. The number of rotatable bonds is 4. The molecule has 142 valence electrons. The predicted octanol–water partition coefficient (Wildman–Crippen LogP) is 1.88. The lowest BCUT2D eigenvalue weighted by molar-refractivity contribution is 0.0821. The van der Waals surface area contributed by atoms with Crippen LogP contribution in [0.5, 0.6) is 0 Å². The van der Waals surface area contributed by atoms with E-state index in [9.17, 15) is 14.7 Å². The van der Waals surface area contributed by atoms with Gasteiger partial charge < -0.3 is 15.3 Å². The van der Waals surface area contributed by atoms with Crippen LogP contribution in [-0.2, 0) is 0 Å². The smallest absolute Gasteiger partial charge is 0.273 e. The molecule has 0 aliphatic heterocycles. The predicted molar refractivity (Wildman–Crippen MR) is 101 cm³/mol. The van der Waals surface area contributed by atoms with Crippen molar-refractivity contribution in [1.29, 1.82) is 0 Å². The average molecular weight is 368 g/mol. The van der Waals surface area contributed by atoms with Gasteiger partial charge in [-0.2, -0.15) is 0 Å². The van der Waals surface area contributed by atoms with Crippen molar-refractivity contribution in [3.8, 4) is 11.3 Å². The maximum Gasteiger partial charge on any atom is 0.273 e. The topological polar surface area (TPSA) is 95.4 Å². The highest BCUT2D eigenvalue weighted by Crippen LogP contribution is 2.21. The van der Waals surface area contributed by atoms with Gasteiger partial charge in [-0.25, -0.2) is 4.98 Å². The van der Waals surface area contributed by atoms with Crippen LogP contribution < -0.4 is 5.32 Å². The number of carbonyl (C=O) groups is 2. The molecule has 2 amide bonds. The summed E-state index contributed by atoms with van der Waals surface area (Å²) in [7, 11) is 3.32. The highest BCUT2D eigenvalue weighted by Gasteiger charge is 2.21. The monoisotopic (exact) mass is 368 g/mol. The van der Waals surface area contributed by atoms with E-state index in [-0.39, 0.29) is 29.7 Å². The van der Waals surface area contributed by atoms with Crippen LogP contribution >= 0.6 is 0 Å². The van der Waals surface area contributed by atoms with E-state index in [4.69, 9.17) is 0 Å². The van der Waals surface area contributed by atoms with Crippen LogP contribution in [0.25, 0.3) is 11.3 Å². The third-order valence-electron chi connectivity index (χ3n) is 4.71. The highest BCUT2D eigenvalue weighted by atomic mass is 16.3. The number of benzene rings is 1. The van der Waals surface area contributed by atoms with Crippen LogP contribution in [0, 0.1) is 0 Å². The van der Waals surface area contributed by atoms with E-state index in [2.05, 4.69) is 15.3 Å². The lowest BCUT2D eigenvalue weighted by Gasteiger charge is -2.26.